The molecular formula is C51H90O9. The zero-order valence-corrected chi connectivity index (χ0v) is 38.2. The Morgan fingerprint density at radius 3 is 1.53 bits per heavy atom. The summed E-state index contributed by atoms with van der Waals surface area (Å²) in [6, 6.07) is 0. The molecule has 6 atom stereocenters. The fourth-order valence-electron chi connectivity index (χ4n) is 7.12. The number of ether oxygens (including phenoxy) is 4. The Morgan fingerprint density at radius 1 is 0.550 bits per heavy atom. The Hall–Kier alpha value is -2.11. The molecule has 0 aromatic heterocycles. The highest BCUT2D eigenvalue weighted by Gasteiger charge is 2.44. The summed E-state index contributed by atoms with van der Waals surface area (Å²) in [4.78, 5) is 12.8. The van der Waals surface area contributed by atoms with E-state index in [4.69, 9.17) is 18.9 Å². The minimum Gasteiger partial charge on any atom is -0.457 e. The van der Waals surface area contributed by atoms with Gasteiger partial charge in [0.15, 0.2) is 6.29 Å². The van der Waals surface area contributed by atoms with Crippen LogP contribution < -0.4 is 0 Å². The van der Waals surface area contributed by atoms with Gasteiger partial charge in [-0.25, -0.2) is 0 Å². The van der Waals surface area contributed by atoms with Crippen LogP contribution >= 0.6 is 0 Å². The molecule has 6 unspecified atom stereocenters. The molecule has 0 spiro atoms. The van der Waals surface area contributed by atoms with Crippen LogP contribution in [0, 0.1) is 0 Å². The Bertz CT molecular complexity index is 1100. The minimum atomic E-state index is -1.54. The first-order valence-corrected chi connectivity index (χ1v) is 24.4. The number of esters is 1. The van der Waals surface area contributed by atoms with E-state index < -0.39 is 43.4 Å². The lowest BCUT2D eigenvalue weighted by Gasteiger charge is -2.39. The molecule has 4 N–H and O–H groups in total. The average Bonchev–Trinajstić information content (AvgIpc) is 3.25. The smallest absolute Gasteiger partial charge is 0.306 e. The van der Waals surface area contributed by atoms with Crippen molar-refractivity contribution in [2.45, 2.75) is 230 Å². The summed E-state index contributed by atoms with van der Waals surface area (Å²) in [5.74, 6) is -0.343. The maximum absolute atomic E-state index is 12.8. The number of unbranched alkanes of at least 4 members (excludes halogenated alkanes) is 20. The van der Waals surface area contributed by atoms with Crippen molar-refractivity contribution in [1.82, 2.24) is 0 Å². The van der Waals surface area contributed by atoms with Crippen LogP contribution in [0.1, 0.15) is 194 Å². The molecule has 1 rings (SSSR count). The molecule has 0 bridgehead atoms. The van der Waals surface area contributed by atoms with Crippen molar-refractivity contribution in [3.05, 3.63) is 60.8 Å². The number of aliphatic hydroxyl groups excluding tert-OH is 4. The van der Waals surface area contributed by atoms with Crippen molar-refractivity contribution in [2.24, 2.45) is 0 Å². The Kier molecular flexibility index (Phi) is 39.3. The summed E-state index contributed by atoms with van der Waals surface area (Å²) in [5.41, 5.74) is 0. The van der Waals surface area contributed by atoms with E-state index in [0.29, 0.717) is 13.0 Å². The summed E-state index contributed by atoms with van der Waals surface area (Å²) >= 11 is 0. The van der Waals surface area contributed by atoms with Crippen molar-refractivity contribution in [2.75, 3.05) is 26.4 Å². The number of hydrogen-bond donors (Lipinski definition) is 4. The minimum absolute atomic E-state index is 0.128. The van der Waals surface area contributed by atoms with Crippen LogP contribution in [0.4, 0.5) is 0 Å². The van der Waals surface area contributed by atoms with Crippen LogP contribution in [0.15, 0.2) is 60.8 Å². The molecular weight excluding hydrogens is 757 g/mol. The van der Waals surface area contributed by atoms with E-state index in [9.17, 15) is 25.2 Å². The van der Waals surface area contributed by atoms with Crippen molar-refractivity contribution in [1.29, 1.82) is 0 Å². The number of aliphatic hydroxyl groups is 4. The van der Waals surface area contributed by atoms with Gasteiger partial charge >= 0.3 is 5.97 Å². The first-order chi connectivity index (χ1) is 29.4. The predicted octanol–water partition coefficient (Wildman–Crippen LogP) is 11.5. The summed E-state index contributed by atoms with van der Waals surface area (Å²) in [5, 5.41) is 40.1. The van der Waals surface area contributed by atoms with E-state index in [0.717, 1.165) is 57.8 Å². The Labute approximate surface area is 366 Å². The van der Waals surface area contributed by atoms with E-state index in [1.54, 1.807) is 0 Å². The molecule has 1 saturated heterocycles. The van der Waals surface area contributed by atoms with Crippen molar-refractivity contribution in [3.8, 4) is 0 Å². The van der Waals surface area contributed by atoms with Gasteiger partial charge in [-0.05, 0) is 77.0 Å². The summed E-state index contributed by atoms with van der Waals surface area (Å²) in [6.45, 7) is 4.39. The largest absolute Gasteiger partial charge is 0.457 e. The molecule has 0 aliphatic carbocycles. The SMILES string of the molecule is CC/C=C\C/C=C\C/C=C\CCCCCC(=O)OC(COCCCCCCCCCCCCCC/C=C\C/C=C\CCCCCCC)COC1OC(CO)C(O)C(O)C1O. The van der Waals surface area contributed by atoms with Gasteiger partial charge in [-0.1, -0.05) is 171 Å². The van der Waals surface area contributed by atoms with E-state index >= 15 is 0 Å². The molecule has 60 heavy (non-hydrogen) atoms. The van der Waals surface area contributed by atoms with E-state index in [-0.39, 0.29) is 25.6 Å². The van der Waals surface area contributed by atoms with Crippen molar-refractivity contribution in [3.63, 3.8) is 0 Å². The number of carbonyl (C=O) groups is 1. The van der Waals surface area contributed by atoms with Gasteiger partial charge in [0.1, 0.15) is 30.5 Å². The lowest BCUT2D eigenvalue weighted by molar-refractivity contribution is -0.305. The highest BCUT2D eigenvalue weighted by Crippen LogP contribution is 2.22. The fourth-order valence-corrected chi connectivity index (χ4v) is 7.12. The van der Waals surface area contributed by atoms with Gasteiger partial charge < -0.3 is 39.4 Å². The van der Waals surface area contributed by atoms with E-state index in [1.165, 1.54) is 109 Å². The second-order valence-electron chi connectivity index (χ2n) is 16.5. The average molecular weight is 847 g/mol. The number of carbonyl (C=O) groups excluding carboxylic acids is 1. The van der Waals surface area contributed by atoms with Crippen molar-refractivity contribution < 1.29 is 44.2 Å². The topological polar surface area (TPSA) is 135 Å². The molecule has 9 heteroatoms. The molecule has 9 nitrogen and oxygen atoms in total. The van der Waals surface area contributed by atoms with Gasteiger partial charge in [0.2, 0.25) is 0 Å². The third-order valence-electron chi connectivity index (χ3n) is 10.9. The molecule has 1 heterocycles. The van der Waals surface area contributed by atoms with Crippen LogP contribution in [0.25, 0.3) is 0 Å². The standard InChI is InChI=1S/C51H90O9/c1-3-5-7-9-11-13-15-17-18-19-20-21-22-23-24-25-26-27-29-31-33-35-37-39-41-57-43-45(44-58-51-50(56)49(55)48(54)46(42-52)60-51)59-47(53)40-38-36-34-32-30-28-16-14-12-10-8-6-4-2/h6,8,12,14-15,17,19-20,28,30,45-46,48-52,54-56H,3-5,7,9-11,13,16,18,21-27,29,31-44H2,1-2H3/b8-6-,14-12-,17-15-,20-19-,30-28-. The van der Waals surface area contributed by atoms with Crippen LogP contribution in [0.5, 0.6) is 0 Å². The van der Waals surface area contributed by atoms with E-state index in [1.807, 2.05) is 0 Å². The fraction of sp³-hybridized carbons (Fsp3) is 0.784. The highest BCUT2D eigenvalue weighted by molar-refractivity contribution is 5.69. The summed E-state index contributed by atoms with van der Waals surface area (Å²) in [7, 11) is 0. The number of rotatable bonds is 41. The predicted molar refractivity (Wildman–Crippen MR) is 247 cm³/mol. The van der Waals surface area contributed by atoms with Crippen molar-refractivity contribution >= 4 is 5.97 Å². The molecule has 1 fully saturated rings. The second kappa shape index (κ2) is 42.2. The molecule has 0 aromatic carbocycles. The van der Waals surface area contributed by atoms with Crippen LogP contribution in [-0.2, 0) is 23.7 Å². The van der Waals surface area contributed by atoms with Crippen LogP contribution in [0.3, 0.4) is 0 Å². The van der Waals surface area contributed by atoms with Gasteiger partial charge in [0.05, 0.1) is 19.8 Å². The molecule has 0 amide bonds. The first-order valence-electron chi connectivity index (χ1n) is 24.4. The van der Waals surface area contributed by atoms with Crippen LogP contribution in [0.2, 0.25) is 0 Å². The van der Waals surface area contributed by atoms with E-state index in [2.05, 4.69) is 74.6 Å². The van der Waals surface area contributed by atoms with Gasteiger partial charge in [-0.2, -0.15) is 0 Å². The third-order valence-corrected chi connectivity index (χ3v) is 10.9. The lowest BCUT2D eigenvalue weighted by atomic mass is 9.99. The normalized spacial score (nSPS) is 20.5. The zero-order valence-electron chi connectivity index (χ0n) is 38.2. The number of hydrogen-bond acceptors (Lipinski definition) is 9. The summed E-state index contributed by atoms with van der Waals surface area (Å²) < 4.78 is 22.8. The Morgan fingerprint density at radius 2 is 1.02 bits per heavy atom. The van der Waals surface area contributed by atoms with Gasteiger partial charge in [0.25, 0.3) is 0 Å². The quantitative estimate of drug-likeness (QED) is 0.0269. The Balaban J connectivity index is 2.20. The first kappa shape index (κ1) is 55.9. The molecule has 0 saturated carbocycles. The van der Waals surface area contributed by atoms with Crippen LogP contribution in [-0.4, -0.2) is 89.6 Å². The lowest BCUT2D eigenvalue weighted by Crippen LogP contribution is -2.59. The molecule has 348 valence electrons. The van der Waals surface area contributed by atoms with Gasteiger partial charge in [-0.3, -0.25) is 4.79 Å². The van der Waals surface area contributed by atoms with Gasteiger partial charge in [-0.15, -0.1) is 0 Å². The molecule has 0 aromatic rings. The second-order valence-corrected chi connectivity index (χ2v) is 16.5. The van der Waals surface area contributed by atoms with Gasteiger partial charge in [0, 0.05) is 13.0 Å². The maximum atomic E-state index is 12.8. The molecule has 1 aliphatic rings. The summed E-state index contributed by atoms with van der Waals surface area (Å²) in [6.07, 6.45) is 46.9. The highest BCUT2D eigenvalue weighted by atomic mass is 16.7. The zero-order chi connectivity index (χ0) is 43.6. The monoisotopic (exact) mass is 847 g/mol. The molecule has 0 radical (unpaired) electrons. The number of allylic oxidation sites excluding steroid dienone is 10. The third kappa shape index (κ3) is 32.6. The molecule has 1 aliphatic heterocycles. The maximum Gasteiger partial charge on any atom is 0.306 e.